The maximum absolute atomic E-state index is 12.1. The SMILES string of the molecule is CC(C)OCCCNC(=O)Cn1nnnc1CN1C[C@@H](C)O[C@@H](C)C1. The Balaban J connectivity index is 1.76. The number of ether oxygens (including phenoxy) is 2. The van der Waals surface area contributed by atoms with Crippen molar-refractivity contribution in [1.82, 2.24) is 30.4 Å². The van der Waals surface area contributed by atoms with Gasteiger partial charge in [0.2, 0.25) is 5.91 Å². The zero-order chi connectivity index (χ0) is 18.2. The van der Waals surface area contributed by atoms with Crippen molar-refractivity contribution in [2.24, 2.45) is 0 Å². The lowest BCUT2D eigenvalue weighted by Crippen LogP contribution is -2.45. The summed E-state index contributed by atoms with van der Waals surface area (Å²) in [5.74, 6) is 0.599. The minimum atomic E-state index is -0.0955. The van der Waals surface area contributed by atoms with E-state index in [1.54, 1.807) is 4.68 Å². The van der Waals surface area contributed by atoms with Crippen molar-refractivity contribution >= 4 is 5.91 Å². The van der Waals surface area contributed by atoms with Crippen LogP contribution in [0.1, 0.15) is 39.9 Å². The molecule has 1 aromatic heterocycles. The van der Waals surface area contributed by atoms with Gasteiger partial charge in [0, 0.05) is 26.2 Å². The first-order chi connectivity index (χ1) is 11.9. The summed E-state index contributed by atoms with van der Waals surface area (Å²) >= 11 is 0. The van der Waals surface area contributed by atoms with Gasteiger partial charge in [0.05, 0.1) is 24.9 Å². The highest BCUT2D eigenvalue weighted by molar-refractivity contribution is 5.75. The van der Waals surface area contributed by atoms with E-state index < -0.39 is 0 Å². The molecule has 0 unspecified atom stereocenters. The van der Waals surface area contributed by atoms with Crippen LogP contribution in [-0.4, -0.2) is 75.6 Å². The first kappa shape index (κ1) is 19.7. The standard InChI is InChI=1S/C16H30N6O3/c1-12(2)24-7-5-6-17-16(23)11-22-15(18-19-20-22)10-21-8-13(3)25-14(4)9-21/h12-14H,5-11H2,1-4H3,(H,17,23)/t13-,14+. The van der Waals surface area contributed by atoms with E-state index in [1.165, 1.54) is 0 Å². The molecule has 0 saturated carbocycles. The van der Waals surface area contributed by atoms with Crippen molar-refractivity contribution in [3.63, 3.8) is 0 Å². The van der Waals surface area contributed by atoms with Crippen molar-refractivity contribution < 1.29 is 14.3 Å². The number of tetrazole rings is 1. The van der Waals surface area contributed by atoms with Crippen molar-refractivity contribution in [3.8, 4) is 0 Å². The highest BCUT2D eigenvalue weighted by atomic mass is 16.5. The van der Waals surface area contributed by atoms with E-state index in [9.17, 15) is 4.79 Å². The molecule has 1 aliphatic heterocycles. The highest BCUT2D eigenvalue weighted by Crippen LogP contribution is 2.12. The second kappa shape index (κ2) is 9.79. The molecule has 1 amide bonds. The summed E-state index contributed by atoms with van der Waals surface area (Å²) in [6.07, 6.45) is 1.37. The third-order valence-electron chi connectivity index (χ3n) is 3.85. The molecule has 1 saturated heterocycles. The van der Waals surface area contributed by atoms with Crippen molar-refractivity contribution in [2.45, 2.75) is 65.5 Å². The fourth-order valence-electron chi connectivity index (χ4n) is 2.88. The van der Waals surface area contributed by atoms with Crippen LogP contribution in [0.5, 0.6) is 0 Å². The molecular formula is C16H30N6O3. The Morgan fingerprint density at radius 3 is 2.76 bits per heavy atom. The van der Waals surface area contributed by atoms with Gasteiger partial charge >= 0.3 is 0 Å². The summed E-state index contributed by atoms with van der Waals surface area (Å²) in [5, 5.41) is 14.6. The van der Waals surface area contributed by atoms with Gasteiger partial charge in [0.15, 0.2) is 5.82 Å². The molecule has 0 aromatic carbocycles. The number of carbonyl (C=O) groups excluding carboxylic acids is 1. The molecule has 142 valence electrons. The lowest BCUT2D eigenvalue weighted by Gasteiger charge is -2.34. The maximum atomic E-state index is 12.1. The third kappa shape index (κ3) is 7.05. The van der Waals surface area contributed by atoms with Gasteiger partial charge in [-0.15, -0.1) is 5.10 Å². The Kier molecular flexibility index (Phi) is 7.73. The summed E-state index contributed by atoms with van der Waals surface area (Å²) in [5.41, 5.74) is 0. The lowest BCUT2D eigenvalue weighted by molar-refractivity contribution is -0.122. The van der Waals surface area contributed by atoms with Crippen LogP contribution < -0.4 is 5.32 Å². The molecule has 1 fully saturated rings. The van der Waals surface area contributed by atoms with Gasteiger partial charge in [-0.05, 0) is 44.5 Å². The number of aromatic nitrogens is 4. The Hall–Kier alpha value is -1.58. The number of nitrogens with one attached hydrogen (secondary N) is 1. The topological polar surface area (TPSA) is 94.4 Å². The normalized spacial score (nSPS) is 21.6. The monoisotopic (exact) mass is 354 g/mol. The number of amides is 1. The summed E-state index contributed by atoms with van der Waals surface area (Å²) in [6.45, 7) is 11.7. The van der Waals surface area contributed by atoms with Crippen LogP contribution in [0, 0.1) is 0 Å². The first-order valence-corrected chi connectivity index (χ1v) is 8.95. The fraction of sp³-hybridized carbons (Fsp3) is 0.875. The van der Waals surface area contributed by atoms with Crippen LogP contribution in [0.4, 0.5) is 0 Å². The second-order valence-corrected chi connectivity index (χ2v) is 6.83. The third-order valence-corrected chi connectivity index (χ3v) is 3.85. The summed E-state index contributed by atoms with van der Waals surface area (Å²) in [4.78, 5) is 14.3. The number of morpholine rings is 1. The predicted octanol–water partition coefficient (Wildman–Crippen LogP) is 0.214. The van der Waals surface area contributed by atoms with E-state index in [4.69, 9.17) is 9.47 Å². The molecule has 9 heteroatoms. The summed E-state index contributed by atoms with van der Waals surface area (Å²) < 4.78 is 12.7. The average molecular weight is 354 g/mol. The molecule has 0 bridgehead atoms. The summed E-state index contributed by atoms with van der Waals surface area (Å²) in [7, 11) is 0. The number of nitrogens with zero attached hydrogens (tertiary/aromatic N) is 5. The molecule has 0 radical (unpaired) electrons. The van der Waals surface area contributed by atoms with Crippen LogP contribution in [-0.2, 0) is 27.4 Å². The highest BCUT2D eigenvalue weighted by Gasteiger charge is 2.24. The van der Waals surface area contributed by atoms with Crippen molar-refractivity contribution in [2.75, 3.05) is 26.2 Å². The van der Waals surface area contributed by atoms with E-state index in [-0.39, 0.29) is 30.8 Å². The molecule has 2 heterocycles. The Labute approximate surface area is 149 Å². The number of carbonyl (C=O) groups is 1. The molecular weight excluding hydrogens is 324 g/mol. The van der Waals surface area contributed by atoms with Crippen LogP contribution >= 0.6 is 0 Å². The second-order valence-electron chi connectivity index (χ2n) is 6.83. The molecule has 25 heavy (non-hydrogen) atoms. The minimum absolute atomic E-state index is 0.0955. The fourth-order valence-corrected chi connectivity index (χ4v) is 2.88. The quantitative estimate of drug-likeness (QED) is 0.634. The minimum Gasteiger partial charge on any atom is -0.379 e. The zero-order valence-corrected chi connectivity index (χ0v) is 15.6. The smallest absolute Gasteiger partial charge is 0.241 e. The molecule has 1 aromatic rings. The van der Waals surface area contributed by atoms with Crippen LogP contribution in [0.2, 0.25) is 0 Å². The van der Waals surface area contributed by atoms with Crippen LogP contribution in [0.3, 0.4) is 0 Å². The van der Waals surface area contributed by atoms with Crippen LogP contribution in [0.15, 0.2) is 0 Å². The van der Waals surface area contributed by atoms with Gasteiger partial charge in [-0.2, -0.15) is 0 Å². The lowest BCUT2D eigenvalue weighted by atomic mass is 10.2. The zero-order valence-electron chi connectivity index (χ0n) is 15.6. The van der Waals surface area contributed by atoms with Gasteiger partial charge in [-0.25, -0.2) is 4.68 Å². The van der Waals surface area contributed by atoms with E-state index in [0.717, 1.165) is 19.5 Å². The van der Waals surface area contributed by atoms with E-state index in [1.807, 2.05) is 13.8 Å². The molecule has 0 aliphatic carbocycles. The van der Waals surface area contributed by atoms with Crippen LogP contribution in [0.25, 0.3) is 0 Å². The van der Waals surface area contributed by atoms with E-state index in [2.05, 4.69) is 39.6 Å². The van der Waals surface area contributed by atoms with Crippen molar-refractivity contribution in [1.29, 1.82) is 0 Å². The van der Waals surface area contributed by atoms with Gasteiger partial charge in [-0.1, -0.05) is 0 Å². The van der Waals surface area contributed by atoms with E-state index in [0.29, 0.717) is 25.5 Å². The largest absolute Gasteiger partial charge is 0.379 e. The number of hydrogen-bond acceptors (Lipinski definition) is 7. The van der Waals surface area contributed by atoms with Gasteiger partial charge in [-0.3, -0.25) is 9.69 Å². The van der Waals surface area contributed by atoms with Gasteiger partial charge in [0.1, 0.15) is 6.54 Å². The molecule has 0 spiro atoms. The molecule has 1 aliphatic rings. The molecule has 9 nitrogen and oxygen atoms in total. The van der Waals surface area contributed by atoms with Crippen molar-refractivity contribution in [3.05, 3.63) is 5.82 Å². The Bertz CT molecular complexity index is 526. The van der Waals surface area contributed by atoms with E-state index >= 15 is 0 Å². The average Bonchev–Trinajstić information content (AvgIpc) is 2.92. The van der Waals surface area contributed by atoms with Gasteiger partial charge in [0.25, 0.3) is 0 Å². The maximum Gasteiger partial charge on any atom is 0.241 e. The molecule has 2 rings (SSSR count). The first-order valence-electron chi connectivity index (χ1n) is 8.95. The number of rotatable bonds is 9. The Morgan fingerprint density at radius 1 is 1.36 bits per heavy atom. The molecule has 2 atom stereocenters. The summed E-state index contributed by atoms with van der Waals surface area (Å²) in [6, 6.07) is 0. The van der Waals surface area contributed by atoms with Gasteiger partial charge < -0.3 is 14.8 Å². The Morgan fingerprint density at radius 2 is 2.08 bits per heavy atom. The predicted molar refractivity (Wildman–Crippen MR) is 91.8 cm³/mol. The molecule has 1 N–H and O–H groups in total. The number of hydrogen-bond donors (Lipinski definition) is 1.